The van der Waals surface area contributed by atoms with E-state index in [9.17, 15) is 4.79 Å². The smallest absolute Gasteiger partial charge is 0.149 e. The molecule has 1 saturated carbocycles. The highest BCUT2D eigenvalue weighted by Crippen LogP contribution is 2.32. The fourth-order valence-corrected chi connectivity index (χ4v) is 1.58. The molecule has 0 aromatic rings. The molecule has 0 aliphatic heterocycles. The van der Waals surface area contributed by atoms with Gasteiger partial charge < -0.3 is 5.32 Å². The average molecular weight is 169 g/mol. The summed E-state index contributed by atoms with van der Waals surface area (Å²) in [5.41, 5.74) is -0.135. The molecule has 1 aliphatic carbocycles. The first kappa shape index (κ1) is 9.72. The topological polar surface area (TPSA) is 29.1 Å². The van der Waals surface area contributed by atoms with Crippen molar-refractivity contribution in [1.29, 1.82) is 0 Å². The molecule has 1 fully saturated rings. The van der Waals surface area contributed by atoms with Crippen molar-refractivity contribution >= 4 is 5.78 Å². The summed E-state index contributed by atoms with van der Waals surface area (Å²) in [6.07, 6.45) is 3.27. The minimum atomic E-state index is -0.135. The number of nitrogens with one attached hydrogen (secondary N) is 1. The molecule has 0 unspecified atom stereocenters. The number of Topliss-reactive ketones (excluding diaryl/α,β-unsaturated/α-hetero) is 1. The number of rotatable bonds is 4. The Morgan fingerprint density at radius 1 is 1.50 bits per heavy atom. The Balaban J connectivity index is 2.40. The summed E-state index contributed by atoms with van der Waals surface area (Å²) < 4.78 is 0. The van der Waals surface area contributed by atoms with Crippen molar-refractivity contribution in [1.82, 2.24) is 5.32 Å². The molecule has 2 nitrogen and oxygen atoms in total. The van der Waals surface area contributed by atoms with E-state index in [2.05, 4.69) is 19.2 Å². The normalized spacial score (nSPS) is 20.7. The molecular formula is C10H19NO. The van der Waals surface area contributed by atoms with E-state index in [-0.39, 0.29) is 5.54 Å². The van der Waals surface area contributed by atoms with E-state index in [1.165, 1.54) is 6.42 Å². The van der Waals surface area contributed by atoms with E-state index in [1.54, 1.807) is 6.92 Å². The molecule has 0 amide bonds. The number of ketones is 1. The van der Waals surface area contributed by atoms with Crippen molar-refractivity contribution in [3.05, 3.63) is 0 Å². The molecule has 1 aliphatic rings. The van der Waals surface area contributed by atoms with Crippen molar-refractivity contribution in [2.75, 3.05) is 6.54 Å². The van der Waals surface area contributed by atoms with Gasteiger partial charge in [0.2, 0.25) is 0 Å². The van der Waals surface area contributed by atoms with Crippen LogP contribution in [0.4, 0.5) is 0 Å². The molecule has 1 rings (SSSR count). The van der Waals surface area contributed by atoms with Gasteiger partial charge in [-0.1, -0.05) is 13.8 Å². The third kappa shape index (κ3) is 1.86. The van der Waals surface area contributed by atoms with Crippen molar-refractivity contribution in [2.45, 2.75) is 45.6 Å². The first-order chi connectivity index (χ1) is 5.57. The molecule has 2 heteroatoms. The molecule has 0 saturated heterocycles. The zero-order valence-electron chi connectivity index (χ0n) is 8.31. The van der Waals surface area contributed by atoms with E-state index in [0.717, 1.165) is 19.4 Å². The van der Waals surface area contributed by atoms with Gasteiger partial charge in [0.25, 0.3) is 0 Å². The summed E-state index contributed by atoms with van der Waals surface area (Å²) in [4.78, 5) is 11.3. The van der Waals surface area contributed by atoms with Crippen molar-refractivity contribution < 1.29 is 4.79 Å². The van der Waals surface area contributed by atoms with E-state index in [1.807, 2.05) is 0 Å². The quantitative estimate of drug-likeness (QED) is 0.694. The molecule has 0 radical (unpaired) electrons. The molecule has 1 N–H and O–H groups in total. The minimum Gasteiger partial charge on any atom is -0.305 e. The average Bonchev–Trinajstić information content (AvgIpc) is 1.83. The van der Waals surface area contributed by atoms with Crippen LogP contribution < -0.4 is 5.32 Å². The SMILES string of the molecule is CC(=O)C1(NCC(C)C)CCC1. The Morgan fingerprint density at radius 2 is 2.08 bits per heavy atom. The Kier molecular flexibility index (Phi) is 2.89. The second kappa shape index (κ2) is 3.56. The van der Waals surface area contributed by atoms with Gasteiger partial charge in [0, 0.05) is 0 Å². The Morgan fingerprint density at radius 3 is 2.33 bits per heavy atom. The molecule has 0 aromatic carbocycles. The van der Waals surface area contributed by atoms with Crippen molar-refractivity contribution in [2.24, 2.45) is 5.92 Å². The molecule has 0 heterocycles. The standard InChI is InChI=1S/C10H19NO/c1-8(2)7-11-10(9(3)12)5-4-6-10/h8,11H,4-7H2,1-3H3. The molecule has 70 valence electrons. The van der Waals surface area contributed by atoms with Gasteiger partial charge in [-0.25, -0.2) is 0 Å². The van der Waals surface area contributed by atoms with Crippen LogP contribution in [0.25, 0.3) is 0 Å². The van der Waals surface area contributed by atoms with Crippen LogP contribution in [0.5, 0.6) is 0 Å². The van der Waals surface area contributed by atoms with Gasteiger partial charge in [0.1, 0.15) is 5.78 Å². The van der Waals surface area contributed by atoms with E-state index < -0.39 is 0 Å². The fraction of sp³-hybridized carbons (Fsp3) is 0.900. The van der Waals surface area contributed by atoms with Crippen LogP contribution in [0.1, 0.15) is 40.0 Å². The van der Waals surface area contributed by atoms with Crippen LogP contribution in [0.3, 0.4) is 0 Å². The highest BCUT2D eigenvalue weighted by atomic mass is 16.1. The van der Waals surface area contributed by atoms with Gasteiger partial charge in [-0.15, -0.1) is 0 Å². The first-order valence-corrected chi connectivity index (χ1v) is 4.83. The van der Waals surface area contributed by atoms with Crippen molar-refractivity contribution in [3.63, 3.8) is 0 Å². The molecule has 12 heavy (non-hydrogen) atoms. The predicted molar refractivity (Wildman–Crippen MR) is 50.1 cm³/mol. The van der Waals surface area contributed by atoms with Gasteiger partial charge in [0.15, 0.2) is 0 Å². The highest BCUT2D eigenvalue weighted by molar-refractivity contribution is 5.87. The zero-order chi connectivity index (χ0) is 9.19. The third-order valence-electron chi connectivity index (χ3n) is 2.73. The lowest BCUT2D eigenvalue weighted by Crippen LogP contribution is -2.57. The molecule has 0 atom stereocenters. The Bertz CT molecular complexity index is 171. The summed E-state index contributed by atoms with van der Waals surface area (Å²) in [7, 11) is 0. The fourth-order valence-electron chi connectivity index (χ4n) is 1.58. The minimum absolute atomic E-state index is 0.135. The Labute approximate surface area is 74.7 Å². The maximum absolute atomic E-state index is 11.3. The van der Waals surface area contributed by atoms with Crippen LogP contribution in [0.2, 0.25) is 0 Å². The molecular weight excluding hydrogens is 150 g/mol. The number of hydrogen-bond acceptors (Lipinski definition) is 2. The van der Waals surface area contributed by atoms with E-state index in [0.29, 0.717) is 11.7 Å². The first-order valence-electron chi connectivity index (χ1n) is 4.83. The lowest BCUT2D eigenvalue weighted by Gasteiger charge is -2.41. The van der Waals surface area contributed by atoms with Crippen LogP contribution in [0, 0.1) is 5.92 Å². The maximum Gasteiger partial charge on any atom is 0.149 e. The summed E-state index contributed by atoms with van der Waals surface area (Å²) in [6, 6.07) is 0. The molecule has 0 spiro atoms. The highest BCUT2D eigenvalue weighted by Gasteiger charge is 2.40. The summed E-state index contributed by atoms with van der Waals surface area (Å²) >= 11 is 0. The Hall–Kier alpha value is -0.370. The maximum atomic E-state index is 11.3. The van der Waals surface area contributed by atoms with Crippen LogP contribution >= 0.6 is 0 Å². The van der Waals surface area contributed by atoms with Gasteiger partial charge in [-0.3, -0.25) is 4.79 Å². The molecule has 0 aromatic heterocycles. The second-order valence-electron chi connectivity index (χ2n) is 4.27. The van der Waals surface area contributed by atoms with Crippen LogP contribution in [0.15, 0.2) is 0 Å². The van der Waals surface area contributed by atoms with E-state index in [4.69, 9.17) is 0 Å². The zero-order valence-corrected chi connectivity index (χ0v) is 8.31. The summed E-state index contributed by atoms with van der Waals surface area (Å²) in [6.45, 7) is 6.99. The van der Waals surface area contributed by atoms with Crippen LogP contribution in [-0.2, 0) is 4.79 Å². The van der Waals surface area contributed by atoms with E-state index >= 15 is 0 Å². The van der Waals surface area contributed by atoms with Crippen LogP contribution in [-0.4, -0.2) is 17.9 Å². The number of hydrogen-bond donors (Lipinski definition) is 1. The monoisotopic (exact) mass is 169 g/mol. The lowest BCUT2D eigenvalue weighted by atomic mass is 9.74. The summed E-state index contributed by atoms with van der Waals surface area (Å²) in [5, 5.41) is 3.38. The van der Waals surface area contributed by atoms with Crippen molar-refractivity contribution in [3.8, 4) is 0 Å². The van der Waals surface area contributed by atoms with Gasteiger partial charge in [-0.2, -0.15) is 0 Å². The third-order valence-corrected chi connectivity index (χ3v) is 2.73. The lowest BCUT2D eigenvalue weighted by molar-refractivity contribution is -0.126. The van der Waals surface area contributed by atoms with Gasteiger partial charge in [0.05, 0.1) is 5.54 Å². The number of carbonyl (C=O) groups excluding carboxylic acids is 1. The van der Waals surface area contributed by atoms with Gasteiger partial charge >= 0.3 is 0 Å². The molecule has 0 bridgehead atoms. The van der Waals surface area contributed by atoms with Gasteiger partial charge in [-0.05, 0) is 38.6 Å². The predicted octanol–water partition coefficient (Wildman–Crippen LogP) is 1.74. The largest absolute Gasteiger partial charge is 0.305 e. The summed E-state index contributed by atoms with van der Waals surface area (Å²) in [5.74, 6) is 0.941. The number of carbonyl (C=O) groups is 1. The second-order valence-corrected chi connectivity index (χ2v) is 4.27.